The highest BCUT2D eigenvalue weighted by Crippen LogP contribution is 2.15. The van der Waals surface area contributed by atoms with Gasteiger partial charge in [0.2, 0.25) is 0 Å². The molecule has 0 heterocycles. The fourth-order valence-electron chi connectivity index (χ4n) is 2.84. The molecular formula is C20H38O4. The van der Waals surface area contributed by atoms with Crippen molar-refractivity contribution in [3.63, 3.8) is 0 Å². The predicted molar refractivity (Wildman–Crippen MR) is 98.1 cm³/mol. The Kier molecular flexibility index (Phi) is 16.0. The molecule has 0 amide bonds. The van der Waals surface area contributed by atoms with Gasteiger partial charge in [0.15, 0.2) is 0 Å². The molecule has 1 atom stereocenters. The maximum absolute atomic E-state index is 11.9. The molecular weight excluding hydrogens is 304 g/mol. The molecule has 24 heavy (non-hydrogen) atoms. The van der Waals surface area contributed by atoms with E-state index in [4.69, 9.17) is 9.84 Å². The summed E-state index contributed by atoms with van der Waals surface area (Å²) >= 11 is 0. The molecule has 0 saturated carbocycles. The van der Waals surface area contributed by atoms with E-state index < -0.39 is 12.1 Å². The van der Waals surface area contributed by atoms with E-state index in [2.05, 4.69) is 13.8 Å². The van der Waals surface area contributed by atoms with Crippen LogP contribution in [0.1, 0.15) is 110 Å². The number of carboxylic acids is 1. The molecule has 142 valence electrons. The first-order valence-corrected chi connectivity index (χ1v) is 10.0. The molecule has 0 bridgehead atoms. The van der Waals surface area contributed by atoms with Crippen molar-refractivity contribution in [2.24, 2.45) is 0 Å². The van der Waals surface area contributed by atoms with Gasteiger partial charge in [0.25, 0.3) is 0 Å². The van der Waals surface area contributed by atoms with Gasteiger partial charge in [0.05, 0.1) is 6.42 Å². The molecule has 0 aliphatic heterocycles. The summed E-state index contributed by atoms with van der Waals surface area (Å²) in [7, 11) is 0. The molecule has 4 heteroatoms. The lowest BCUT2D eigenvalue weighted by Crippen LogP contribution is -2.21. The first kappa shape index (κ1) is 22.9. The van der Waals surface area contributed by atoms with Crippen LogP contribution >= 0.6 is 0 Å². The van der Waals surface area contributed by atoms with Crippen LogP contribution in [0.4, 0.5) is 0 Å². The summed E-state index contributed by atoms with van der Waals surface area (Å²) in [4.78, 5) is 22.8. The van der Waals surface area contributed by atoms with Crippen molar-refractivity contribution in [1.29, 1.82) is 0 Å². The summed E-state index contributed by atoms with van der Waals surface area (Å²) in [5, 5.41) is 8.97. The number of unbranched alkanes of at least 4 members (excludes halogenated alkanes) is 10. The van der Waals surface area contributed by atoms with Crippen molar-refractivity contribution >= 4 is 11.9 Å². The topological polar surface area (TPSA) is 63.6 Å². The molecule has 4 nitrogen and oxygen atoms in total. The SMILES string of the molecule is CCCCCCCCC(=O)OC(CCCCCCCC)CC(=O)O. The second-order valence-electron chi connectivity index (χ2n) is 6.78. The monoisotopic (exact) mass is 342 g/mol. The minimum absolute atomic E-state index is 0.0722. The molecule has 0 aliphatic rings. The molecule has 1 unspecified atom stereocenters. The van der Waals surface area contributed by atoms with Crippen molar-refractivity contribution in [1.82, 2.24) is 0 Å². The van der Waals surface area contributed by atoms with Gasteiger partial charge < -0.3 is 9.84 Å². The van der Waals surface area contributed by atoms with E-state index in [0.29, 0.717) is 12.8 Å². The lowest BCUT2D eigenvalue weighted by atomic mass is 10.1. The Balaban J connectivity index is 3.86. The Morgan fingerprint density at radius 1 is 0.792 bits per heavy atom. The van der Waals surface area contributed by atoms with E-state index in [0.717, 1.165) is 32.1 Å². The van der Waals surface area contributed by atoms with Gasteiger partial charge in [0, 0.05) is 6.42 Å². The fraction of sp³-hybridized carbons (Fsp3) is 0.900. The number of hydrogen-bond acceptors (Lipinski definition) is 3. The number of hydrogen-bond donors (Lipinski definition) is 1. The average Bonchev–Trinajstić information content (AvgIpc) is 2.53. The van der Waals surface area contributed by atoms with Gasteiger partial charge >= 0.3 is 11.9 Å². The third-order valence-electron chi connectivity index (χ3n) is 4.31. The van der Waals surface area contributed by atoms with Crippen LogP contribution in [0.3, 0.4) is 0 Å². The van der Waals surface area contributed by atoms with Crippen LogP contribution in [-0.2, 0) is 14.3 Å². The standard InChI is InChI=1S/C20H38O4/c1-3-5-7-9-11-13-15-18(17-19(21)22)24-20(23)16-14-12-10-8-6-4-2/h18H,3-17H2,1-2H3,(H,21,22). The van der Waals surface area contributed by atoms with E-state index >= 15 is 0 Å². The molecule has 0 fully saturated rings. The third-order valence-corrected chi connectivity index (χ3v) is 4.31. The Morgan fingerprint density at radius 2 is 1.29 bits per heavy atom. The quantitative estimate of drug-likeness (QED) is 0.265. The number of ether oxygens (including phenoxy) is 1. The second-order valence-corrected chi connectivity index (χ2v) is 6.78. The van der Waals surface area contributed by atoms with Gasteiger partial charge in [-0.25, -0.2) is 0 Å². The van der Waals surface area contributed by atoms with Crippen LogP contribution in [0.15, 0.2) is 0 Å². The van der Waals surface area contributed by atoms with Crippen molar-refractivity contribution in [2.45, 2.75) is 116 Å². The Bertz CT molecular complexity index is 315. The summed E-state index contributed by atoms with van der Waals surface area (Å²) < 4.78 is 5.40. The molecule has 1 N–H and O–H groups in total. The summed E-state index contributed by atoms with van der Waals surface area (Å²) in [5.41, 5.74) is 0. The van der Waals surface area contributed by atoms with E-state index in [1.807, 2.05) is 0 Å². The number of esters is 1. The molecule has 0 spiro atoms. The van der Waals surface area contributed by atoms with E-state index in [1.54, 1.807) is 0 Å². The van der Waals surface area contributed by atoms with E-state index in [9.17, 15) is 9.59 Å². The molecule has 0 aromatic carbocycles. The minimum Gasteiger partial charge on any atom is -0.481 e. The van der Waals surface area contributed by atoms with Crippen LogP contribution < -0.4 is 0 Å². The largest absolute Gasteiger partial charge is 0.481 e. The number of rotatable bonds is 17. The normalized spacial score (nSPS) is 12.1. The second kappa shape index (κ2) is 16.8. The van der Waals surface area contributed by atoms with Crippen LogP contribution in [0.2, 0.25) is 0 Å². The Labute approximate surface area is 148 Å². The zero-order valence-corrected chi connectivity index (χ0v) is 15.9. The lowest BCUT2D eigenvalue weighted by Gasteiger charge is -2.16. The van der Waals surface area contributed by atoms with E-state index in [-0.39, 0.29) is 12.4 Å². The molecule has 0 rings (SSSR count). The van der Waals surface area contributed by atoms with Crippen molar-refractivity contribution < 1.29 is 19.4 Å². The minimum atomic E-state index is -0.890. The molecule has 0 radical (unpaired) electrons. The van der Waals surface area contributed by atoms with Crippen LogP contribution in [-0.4, -0.2) is 23.1 Å². The van der Waals surface area contributed by atoms with Crippen LogP contribution in [0.5, 0.6) is 0 Å². The maximum Gasteiger partial charge on any atom is 0.307 e. The Hall–Kier alpha value is -1.06. The molecule has 0 aliphatic carbocycles. The zero-order chi connectivity index (χ0) is 18.0. The first-order valence-electron chi connectivity index (χ1n) is 10.0. The van der Waals surface area contributed by atoms with Crippen molar-refractivity contribution in [3.8, 4) is 0 Å². The summed E-state index contributed by atoms with van der Waals surface area (Å²) in [6.07, 6.45) is 14.2. The lowest BCUT2D eigenvalue weighted by molar-refractivity contribution is -0.153. The first-order chi connectivity index (χ1) is 11.6. The highest BCUT2D eigenvalue weighted by molar-refractivity contribution is 5.71. The average molecular weight is 343 g/mol. The van der Waals surface area contributed by atoms with Crippen LogP contribution in [0, 0.1) is 0 Å². The highest BCUT2D eigenvalue weighted by Gasteiger charge is 2.17. The van der Waals surface area contributed by atoms with Gasteiger partial charge in [-0.3, -0.25) is 9.59 Å². The molecule has 0 aromatic rings. The summed E-state index contributed by atoms with van der Waals surface area (Å²) in [6.45, 7) is 4.37. The highest BCUT2D eigenvalue weighted by atomic mass is 16.5. The van der Waals surface area contributed by atoms with Crippen LogP contribution in [0.25, 0.3) is 0 Å². The zero-order valence-electron chi connectivity index (χ0n) is 15.9. The smallest absolute Gasteiger partial charge is 0.307 e. The molecule has 0 aromatic heterocycles. The maximum atomic E-state index is 11.9. The number of aliphatic carboxylic acids is 1. The van der Waals surface area contributed by atoms with Gasteiger partial charge in [-0.1, -0.05) is 78.1 Å². The van der Waals surface area contributed by atoms with Gasteiger partial charge in [0.1, 0.15) is 6.10 Å². The van der Waals surface area contributed by atoms with Crippen molar-refractivity contribution in [3.05, 3.63) is 0 Å². The van der Waals surface area contributed by atoms with Gasteiger partial charge in [-0.2, -0.15) is 0 Å². The van der Waals surface area contributed by atoms with Crippen molar-refractivity contribution in [2.75, 3.05) is 0 Å². The number of carboxylic acid groups (broad SMARTS) is 1. The van der Waals surface area contributed by atoms with E-state index in [1.165, 1.54) is 44.9 Å². The number of carbonyl (C=O) groups is 2. The number of carbonyl (C=O) groups excluding carboxylic acids is 1. The predicted octanol–water partition coefficient (Wildman–Crippen LogP) is 5.87. The van der Waals surface area contributed by atoms with Gasteiger partial charge in [-0.05, 0) is 19.3 Å². The fourth-order valence-corrected chi connectivity index (χ4v) is 2.84. The summed E-state index contributed by atoms with van der Waals surface area (Å²) in [5.74, 6) is -1.12. The molecule has 0 saturated heterocycles. The summed E-state index contributed by atoms with van der Waals surface area (Å²) in [6, 6.07) is 0. The van der Waals surface area contributed by atoms with Gasteiger partial charge in [-0.15, -0.1) is 0 Å². The third kappa shape index (κ3) is 15.8. The Morgan fingerprint density at radius 3 is 1.83 bits per heavy atom.